The molecular weight excluding hydrogens is 399 g/mol. The summed E-state index contributed by atoms with van der Waals surface area (Å²) in [6, 6.07) is 7.09. The number of hydrogen-bond acceptors (Lipinski definition) is 3. The molecule has 0 spiro atoms. The van der Waals surface area contributed by atoms with Crippen LogP contribution in [0.5, 0.6) is 0 Å². The first-order valence-electron chi connectivity index (χ1n) is 7.61. The third kappa shape index (κ3) is 3.17. The maximum atomic E-state index is 13.5. The van der Waals surface area contributed by atoms with Crippen LogP contribution in [-0.2, 0) is 0 Å². The van der Waals surface area contributed by atoms with Gasteiger partial charge in [-0.2, -0.15) is 0 Å². The number of fused-ring (bicyclic) bond motifs is 1. The zero-order valence-electron chi connectivity index (χ0n) is 13.3. The third-order valence-corrected chi connectivity index (χ3v) is 4.94. The van der Waals surface area contributed by atoms with Gasteiger partial charge in [-0.05, 0) is 36.4 Å². The summed E-state index contributed by atoms with van der Waals surface area (Å²) in [4.78, 5) is 17.7. The minimum atomic E-state index is -1.18. The Hall–Kier alpha value is -2.84. The number of carbonyl (C=O) groups is 1. The van der Waals surface area contributed by atoms with Gasteiger partial charge in [0.1, 0.15) is 17.3 Å². The van der Waals surface area contributed by atoms with Crippen LogP contribution in [-0.4, -0.2) is 15.3 Å². The number of thiazole rings is 1. The van der Waals surface area contributed by atoms with Crippen LogP contribution in [0.4, 0.5) is 19.0 Å². The second-order valence-electron chi connectivity index (χ2n) is 5.57. The van der Waals surface area contributed by atoms with E-state index in [0.29, 0.717) is 22.0 Å². The van der Waals surface area contributed by atoms with Crippen LogP contribution in [0.1, 0.15) is 10.4 Å². The molecule has 136 valence electrons. The number of anilines is 1. The Morgan fingerprint density at radius 2 is 1.81 bits per heavy atom. The van der Waals surface area contributed by atoms with E-state index in [4.69, 9.17) is 11.6 Å². The summed E-state index contributed by atoms with van der Waals surface area (Å²) >= 11 is 7.22. The molecule has 0 radical (unpaired) electrons. The number of rotatable bonds is 3. The van der Waals surface area contributed by atoms with Gasteiger partial charge >= 0.3 is 0 Å². The van der Waals surface area contributed by atoms with E-state index < -0.39 is 23.4 Å². The molecule has 4 aromatic rings. The molecule has 0 saturated heterocycles. The van der Waals surface area contributed by atoms with Gasteiger partial charge in [-0.25, -0.2) is 18.2 Å². The average molecular weight is 408 g/mol. The molecule has 1 amide bonds. The molecule has 2 heterocycles. The van der Waals surface area contributed by atoms with Gasteiger partial charge in [0.15, 0.2) is 16.6 Å². The van der Waals surface area contributed by atoms with Crippen molar-refractivity contribution >= 4 is 39.6 Å². The molecule has 0 atom stereocenters. The fourth-order valence-electron chi connectivity index (χ4n) is 2.59. The summed E-state index contributed by atoms with van der Waals surface area (Å²) in [5, 5.41) is 4.19. The van der Waals surface area contributed by atoms with E-state index in [9.17, 15) is 18.0 Å². The number of nitrogens with one attached hydrogen (secondary N) is 1. The predicted octanol–water partition coefficient (Wildman–Crippen LogP) is 5.39. The smallest absolute Gasteiger partial charge is 0.258 e. The van der Waals surface area contributed by atoms with Crippen LogP contribution in [0, 0.1) is 17.5 Å². The number of halogens is 4. The van der Waals surface area contributed by atoms with Crippen molar-refractivity contribution in [3.63, 3.8) is 0 Å². The fourth-order valence-corrected chi connectivity index (χ4v) is 3.54. The molecule has 27 heavy (non-hydrogen) atoms. The highest BCUT2D eigenvalue weighted by Gasteiger charge is 2.21. The highest BCUT2D eigenvalue weighted by Crippen LogP contribution is 2.32. The fraction of sp³-hybridized carbons (Fsp3) is 0. The summed E-state index contributed by atoms with van der Waals surface area (Å²) in [5.74, 6) is -3.15. The Bertz CT molecular complexity index is 1170. The van der Waals surface area contributed by atoms with Crippen molar-refractivity contribution in [1.82, 2.24) is 9.38 Å². The van der Waals surface area contributed by atoms with Crippen LogP contribution in [0.2, 0.25) is 5.02 Å². The number of imidazole rings is 1. The van der Waals surface area contributed by atoms with Crippen molar-refractivity contribution in [2.24, 2.45) is 0 Å². The largest absolute Gasteiger partial charge is 0.306 e. The zero-order chi connectivity index (χ0) is 19.1. The molecule has 4 nitrogen and oxygen atoms in total. The van der Waals surface area contributed by atoms with Crippen molar-refractivity contribution in [3.05, 3.63) is 76.0 Å². The monoisotopic (exact) mass is 407 g/mol. The Kier molecular flexibility index (Phi) is 4.37. The second-order valence-corrected chi connectivity index (χ2v) is 6.85. The van der Waals surface area contributed by atoms with Gasteiger partial charge in [0.05, 0.1) is 10.6 Å². The van der Waals surface area contributed by atoms with E-state index in [1.165, 1.54) is 35.6 Å². The summed E-state index contributed by atoms with van der Waals surface area (Å²) in [6.07, 6.45) is 1.70. The number of nitrogens with zero attached hydrogens (tertiary/aromatic N) is 2. The average Bonchev–Trinajstić information content (AvgIpc) is 3.21. The Labute approximate surface area is 159 Å². The summed E-state index contributed by atoms with van der Waals surface area (Å²) < 4.78 is 41.6. The number of aromatic nitrogens is 2. The lowest BCUT2D eigenvalue weighted by atomic mass is 10.1. The van der Waals surface area contributed by atoms with Crippen LogP contribution >= 0.6 is 22.9 Å². The van der Waals surface area contributed by atoms with Gasteiger partial charge < -0.3 is 5.32 Å². The van der Waals surface area contributed by atoms with Crippen molar-refractivity contribution in [3.8, 4) is 11.3 Å². The lowest BCUT2D eigenvalue weighted by molar-refractivity contribution is 0.102. The SMILES string of the molecule is O=C(Nc1c(-c2ccc(F)cc2)nc2sccn12)c1cc(F)c(F)cc1Cl. The number of benzene rings is 2. The van der Waals surface area contributed by atoms with Crippen LogP contribution in [0.15, 0.2) is 48.0 Å². The minimum absolute atomic E-state index is 0.217. The molecule has 2 aromatic heterocycles. The number of amides is 1. The lowest BCUT2D eigenvalue weighted by Gasteiger charge is -2.09. The molecule has 0 aliphatic rings. The Morgan fingerprint density at radius 1 is 1.11 bits per heavy atom. The first kappa shape index (κ1) is 17.6. The summed E-state index contributed by atoms with van der Waals surface area (Å²) in [5.41, 5.74) is 0.777. The third-order valence-electron chi connectivity index (χ3n) is 3.87. The molecule has 0 saturated carbocycles. The van der Waals surface area contributed by atoms with E-state index in [2.05, 4.69) is 10.3 Å². The molecule has 0 unspecified atom stereocenters. The van der Waals surface area contributed by atoms with Crippen molar-refractivity contribution in [1.29, 1.82) is 0 Å². The lowest BCUT2D eigenvalue weighted by Crippen LogP contribution is -2.15. The second kappa shape index (κ2) is 6.71. The highest BCUT2D eigenvalue weighted by molar-refractivity contribution is 7.15. The molecule has 0 bridgehead atoms. The van der Waals surface area contributed by atoms with Crippen LogP contribution in [0.25, 0.3) is 16.2 Å². The molecular formula is C18H9ClF3N3OS. The topological polar surface area (TPSA) is 46.4 Å². The summed E-state index contributed by atoms with van der Waals surface area (Å²) in [7, 11) is 0. The molecule has 0 aliphatic carbocycles. The van der Waals surface area contributed by atoms with E-state index in [1.807, 2.05) is 0 Å². The number of hydrogen-bond donors (Lipinski definition) is 1. The van der Waals surface area contributed by atoms with E-state index in [1.54, 1.807) is 16.0 Å². The van der Waals surface area contributed by atoms with Crippen LogP contribution < -0.4 is 5.32 Å². The van der Waals surface area contributed by atoms with Gasteiger partial charge in [0.2, 0.25) is 0 Å². The molecule has 0 fully saturated rings. The highest BCUT2D eigenvalue weighted by atomic mass is 35.5. The zero-order valence-corrected chi connectivity index (χ0v) is 14.9. The Morgan fingerprint density at radius 3 is 2.56 bits per heavy atom. The molecule has 0 aliphatic heterocycles. The van der Waals surface area contributed by atoms with Crippen molar-refractivity contribution in [2.45, 2.75) is 0 Å². The summed E-state index contributed by atoms with van der Waals surface area (Å²) in [6.45, 7) is 0. The van der Waals surface area contributed by atoms with Crippen molar-refractivity contribution < 1.29 is 18.0 Å². The predicted molar refractivity (Wildman–Crippen MR) is 97.8 cm³/mol. The van der Waals surface area contributed by atoms with Gasteiger partial charge in [-0.3, -0.25) is 9.20 Å². The Balaban J connectivity index is 1.78. The first-order chi connectivity index (χ1) is 12.9. The van der Waals surface area contributed by atoms with E-state index in [0.717, 1.165) is 12.1 Å². The molecule has 9 heteroatoms. The first-order valence-corrected chi connectivity index (χ1v) is 8.87. The van der Waals surface area contributed by atoms with Gasteiger partial charge in [0, 0.05) is 17.1 Å². The number of carbonyl (C=O) groups excluding carboxylic acids is 1. The maximum Gasteiger partial charge on any atom is 0.258 e. The molecule has 4 rings (SSSR count). The molecule has 1 N–H and O–H groups in total. The standard InChI is InChI=1S/C18H9ClF3N3OS/c19-12-8-14(22)13(21)7-11(12)17(26)24-16-15(9-1-3-10(20)4-2-9)23-18-25(16)5-6-27-18/h1-8H,(H,24,26). The normalized spacial score (nSPS) is 11.1. The van der Waals surface area contributed by atoms with Crippen LogP contribution in [0.3, 0.4) is 0 Å². The van der Waals surface area contributed by atoms with Gasteiger partial charge in [0.25, 0.3) is 5.91 Å². The molecule has 2 aromatic carbocycles. The quantitative estimate of drug-likeness (QED) is 0.463. The van der Waals surface area contributed by atoms with E-state index >= 15 is 0 Å². The minimum Gasteiger partial charge on any atom is -0.306 e. The van der Waals surface area contributed by atoms with E-state index in [-0.39, 0.29) is 10.6 Å². The van der Waals surface area contributed by atoms with Gasteiger partial charge in [-0.1, -0.05) is 11.6 Å². The maximum absolute atomic E-state index is 13.5. The van der Waals surface area contributed by atoms with Gasteiger partial charge in [-0.15, -0.1) is 11.3 Å². The van der Waals surface area contributed by atoms with Crippen molar-refractivity contribution in [2.75, 3.05) is 5.32 Å².